The summed E-state index contributed by atoms with van der Waals surface area (Å²) in [5.41, 5.74) is 3.29. The van der Waals surface area contributed by atoms with Crippen molar-refractivity contribution in [2.75, 3.05) is 0 Å². The van der Waals surface area contributed by atoms with Gasteiger partial charge in [-0.3, -0.25) is 0 Å². The maximum Gasteiger partial charge on any atom is 0.131 e. The van der Waals surface area contributed by atoms with Crippen molar-refractivity contribution in [1.82, 2.24) is 0 Å². The lowest BCUT2D eigenvalue weighted by Crippen LogP contribution is -2.24. The van der Waals surface area contributed by atoms with Crippen molar-refractivity contribution in [1.29, 1.82) is 0 Å². The predicted octanol–water partition coefficient (Wildman–Crippen LogP) is 1.32. The molecule has 68 valence electrons. The predicted molar refractivity (Wildman–Crippen MR) is 57.1 cm³/mol. The molecule has 0 radical (unpaired) electrons. The van der Waals surface area contributed by atoms with Crippen LogP contribution in [-0.4, -0.2) is 5.11 Å². The lowest BCUT2D eigenvalue weighted by molar-refractivity contribution is 0.509. The van der Waals surface area contributed by atoms with Crippen molar-refractivity contribution >= 4 is 11.3 Å². The summed E-state index contributed by atoms with van der Waals surface area (Å²) < 4.78 is 0. The summed E-state index contributed by atoms with van der Waals surface area (Å²) in [6.45, 7) is 2.04. The van der Waals surface area contributed by atoms with E-state index in [4.69, 9.17) is 0 Å². The Bertz CT molecular complexity index is 601. The average molecular weight is 182 g/mol. The maximum absolute atomic E-state index is 9.96. The molecule has 3 rings (SSSR count). The highest BCUT2D eigenvalue weighted by Crippen LogP contribution is 2.26. The van der Waals surface area contributed by atoms with Gasteiger partial charge in [-0.15, -0.1) is 0 Å². The van der Waals surface area contributed by atoms with Gasteiger partial charge in [-0.25, -0.2) is 0 Å². The van der Waals surface area contributed by atoms with Gasteiger partial charge in [0, 0.05) is 10.8 Å². The Morgan fingerprint density at radius 2 is 2.00 bits per heavy atom. The molecule has 0 aromatic heterocycles. The third kappa shape index (κ3) is 0.791. The van der Waals surface area contributed by atoms with Crippen molar-refractivity contribution < 1.29 is 5.11 Å². The molecule has 0 spiro atoms. The van der Waals surface area contributed by atoms with Crippen molar-refractivity contribution in [2.45, 2.75) is 6.92 Å². The van der Waals surface area contributed by atoms with Gasteiger partial charge < -0.3 is 5.11 Å². The summed E-state index contributed by atoms with van der Waals surface area (Å²) in [5.74, 6) is 0.420. The summed E-state index contributed by atoms with van der Waals surface area (Å²) in [7, 11) is 0. The maximum atomic E-state index is 9.96. The molecule has 0 bridgehead atoms. The lowest BCUT2D eigenvalue weighted by atomic mass is 10.1. The highest BCUT2D eigenvalue weighted by Gasteiger charge is 2.18. The topological polar surface area (TPSA) is 20.2 Å². The van der Waals surface area contributed by atoms with Gasteiger partial charge >= 0.3 is 0 Å². The van der Waals surface area contributed by atoms with Gasteiger partial charge in [0.2, 0.25) is 0 Å². The number of rotatable bonds is 0. The fourth-order valence-electron chi connectivity index (χ4n) is 2.10. The van der Waals surface area contributed by atoms with Crippen LogP contribution >= 0.6 is 0 Å². The minimum Gasteiger partial charge on any atom is -0.507 e. The largest absolute Gasteiger partial charge is 0.507 e. The number of benzene rings is 1. The summed E-state index contributed by atoms with van der Waals surface area (Å²) in [5, 5.41) is 12.1. The van der Waals surface area contributed by atoms with Gasteiger partial charge in [0.1, 0.15) is 5.76 Å². The molecular formula is C13H10O. The Hall–Kier alpha value is -1.76. The summed E-state index contributed by atoms with van der Waals surface area (Å²) in [6.07, 6.45) is 5.98. The molecule has 0 heterocycles. The number of fused-ring (bicyclic) bond motifs is 2. The Balaban J connectivity index is 2.57. The van der Waals surface area contributed by atoms with Crippen LogP contribution in [0.2, 0.25) is 0 Å². The first-order valence-electron chi connectivity index (χ1n) is 4.71. The molecule has 2 aliphatic rings. The zero-order valence-corrected chi connectivity index (χ0v) is 7.91. The van der Waals surface area contributed by atoms with Crippen LogP contribution in [-0.2, 0) is 0 Å². The van der Waals surface area contributed by atoms with Crippen LogP contribution in [0.3, 0.4) is 0 Å². The van der Waals surface area contributed by atoms with Crippen LogP contribution in [0, 0.1) is 6.92 Å². The zero-order valence-electron chi connectivity index (χ0n) is 7.91. The van der Waals surface area contributed by atoms with Gasteiger partial charge in [-0.2, -0.15) is 0 Å². The number of allylic oxidation sites excluding steroid dienone is 3. The SMILES string of the molecule is Cc1ccc2c(c1)=C(O)C1=CC=CC=21. The van der Waals surface area contributed by atoms with E-state index in [0.29, 0.717) is 5.76 Å². The molecule has 1 N–H and O–H groups in total. The Morgan fingerprint density at radius 3 is 2.86 bits per heavy atom. The highest BCUT2D eigenvalue weighted by atomic mass is 16.3. The van der Waals surface area contributed by atoms with Crippen LogP contribution in [0.5, 0.6) is 0 Å². The van der Waals surface area contributed by atoms with Crippen LogP contribution in [0.1, 0.15) is 5.56 Å². The summed E-state index contributed by atoms with van der Waals surface area (Å²) in [6, 6.07) is 6.19. The molecule has 0 aliphatic heterocycles. The van der Waals surface area contributed by atoms with E-state index in [9.17, 15) is 5.11 Å². The molecule has 14 heavy (non-hydrogen) atoms. The van der Waals surface area contributed by atoms with Gasteiger partial charge in [-0.1, -0.05) is 35.9 Å². The molecule has 0 saturated heterocycles. The van der Waals surface area contributed by atoms with E-state index < -0.39 is 0 Å². The van der Waals surface area contributed by atoms with Crippen molar-refractivity contribution in [3.8, 4) is 0 Å². The normalized spacial score (nSPS) is 17.1. The van der Waals surface area contributed by atoms with Gasteiger partial charge in [0.05, 0.1) is 0 Å². The molecule has 0 unspecified atom stereocenters. The number of aliphatic hydroxyl groups is 1. The monoisotopic (exact) mass is 182 g/mol. The number of hydrogen-bond acceptors (Lipinski definition) is 1. The molecule has 0 saturated carbocycles. The number of aliphatic hydroxyl groups excluding tert-OH is 1. The molecule has 0 atom stereocenters. The first-order valence-corrected chi connectivity index (χ1v) is 4.71. The molecule has 1 aromatic carbocycles. The van der Waals surface area contributed by atoms with E-state index in [0.717, 1.165) is 21.6 Å². The third-order valence-corrected chi connectivity index (χ3v) is 2.79. The second-order valence-corrected chi connectivity index (χ2v) is 3.75. The van der Waals surface area contributed by atoms with Crippen molar-refractivity contribution in [2.24, 2.45) is 0 Å². The molecule has 0 fully saturated rings. The van der Waals surface area contributed by atoms with E-state index in [-0.39, 0.29) is 0 Å². The fourth-order valence-corrected chi connectivity index (χ4v) is 2.10. The molecule has 2 aliphatic carbocycles. The molecule has 1 aromatic rings. The van der Waals surface area contributed by atoms with Gasteiger partial charge in [-0.05, 0) is 23.8 Å². The van der Waals surface area contributed by atoms with Crippen LogP contribution in [0.4, 0.5) is 0 Å². The van der Waals surface area contributed by atoms with E-state index in [1.54, 1.807) is 0 Å². The van der Waals surface area contributed by atoms with E-state index >= 15 is 0 Å². The van der Waals surface area contributed by atoms with E-state index in [1.807, 2.05) is 31.2 Å². The van der Waals surface area contributed by atoms with Gasteiger partial charge in [0.25, 0.3) is 0 Å². The third-order valence-electron chi connectivity index (χ3n) is 2.79. The minimum atomic E-state index is 0.420. The molecule has 0 amide bonds. The number of aryl methyl sites for hydroxylation is 1. The fraction of sp³-hybridized carbons (Fsp3) is 0.0769. The van der Waals surface area contributed by atoms with Crippen molar-refractivity contribution in [3.63, 3.8) is 0 Å². The standard InChI is InChI=1S/C13H10O/c1-8-5-6-10-9-3-2-4-11(9)13(14)12(10)7-8/h2-7,14H,1H3. The Morgan fingerprint density at radius 1 is 1.14 bits per heavy atom. The van der Waals surface area contributed by atoms with Crippen molar-refractivity contribution in [3.05, 3.63) is 58.0 Å². The smallest absolute Gasteiger partial charge is 0.131 e. The summed E-state index contributed by atoms with van der Waals surface area (Å²) >= 11 is 0. The number of hydrogen-bond donors (Lipinski definition) is 1. The lowest BCUT2D eigenvalue weighted by Gasteiger charge is -1.94. The van der Waals surface area contributed by atoms with Crippen LogP contribution in [0.15, 0.2) is 42.0 Å². The highest BCUT2D eigenvalue weighted by molar-refractivity contribution is 5.93. The summed E-state index contributed by atoms with van der Waals surface area (Å²) in [4.78, 5) is 0. The minimum absolute atomic E-state index is 0.420. The second kappa shape index (κ2) is 2.38. The Kier molecular flexibility index (Phi) is 1.30. The van der Waals surface area contributed by atoms with E-state index in [2.05, 4.69) is 12.1 Å². The molecule has 1 nitrogen and oxygen atoms in total. The van der Waals surface area contributed by atoms with Crippen LogP contribution < -0.4 is 10.4 Å². The van der Waals surface area contributed by atoms with Gasteiger partial charge in [0.15, 0.2) is 0 Å². The second-order valence-electron chi connectivity index (χ2n) is 3.75. The quantitative estimate of drug-likeness (QED) is 0.641. The Labute approximate surface area is 82.0 Å². The first kappa shape index (κ1) is 7.63. The molecule has 1 heteroatoms. The average Bonchev–Trinajstić information content (AvgIpc) is 2.72. The van der Waals surface area contributed by atoms with Crippen LogP contribution in [0.25, 0.3) is 11.3 Å². The van der Waals surface area contributed by atoms with E-state index in [1.165, 1.54) is 5.56 Å². The zero-order chi connectivity index (χ0) is 9.71. The first-order chi connectivity index (χ1) is 6.77. The molecular weight excluding hydrogens is 172 g/mol.